The molecule has 0 unspecified atom stereocenters. The molecule has 0 atom stereocenters. The van der Waals surface area contributed by atoms with Crippen LogP contribution >= 0.6 is 23.1 Å². The van der Waals surface area contributed by atoms with Crippen molar-refractivity contribution in [3.05, 3.63) is 86.5 Å². The van der Waals surface area contributed by atoms with Gasteiger partial charge >= 0.3 is 0 Å². The molecule has 1 fully saturated rings. The summed E-state index contributed by atoms with van der Waals surface area (Å²) in [5.74, 6) is 0. The topological polar surface area (TPSA) is 170 Å². The van der Waals surface area contributed by atoms with E-state index >= 15 is 0 Å². The number of hydrazone groups is 1. The van der Waals surface area contributed by atoms with Crippen molar-refractivity contribution in [1.82, 2.24) is 9.29 Å². The molecule has 0 saturated carbocycles. The van der Waals surface area contributed by atoms with Crippen LogP contribution in [0.5, 0.6) is 0 Å². The van der Waals surface area contributed by atoms with E-state index in [1.165, 1.54) is 45.8 Å². The zero-order valence-electron chi connectivity index (χ0n) is 20.5. The summed E-state index contributed by atoms with van der Waals surface area (Å²) in [6.45, 7) is 0.639. The lowest BCUT2D eigenvalue weighted by Gasteiger charge is -2.26. The maximum absolute atomic E-state index is 13.3. The number of anilines is 1. The quantitative estimate of drug-likeness (QED) is 0.161. The number of nitro groups is 2. The van der Waals surface area contributed by atoms with E-state index in [4.69, 9.17) is 4.74 Å². The van der Waals surface area contributed by atoms with Crippen LogP contribution < -0.4 is 5.43 Å². The molecule has 0 spiro atoms. The smallest absolute Gasteiger partial charge is 0.283 e. The number of rotatable bonds is 9. The molecule has 40 heavy (non-hydrogen) atoms. The lowest BCUT2D eigenvalue weighted by molar-refractivity contribution is -0.387. The Morgan fingerprint density at radius 2 is 1.82 bits per heavy atom. The average Bonchev–Trinajstić information content (AvgIpc) is 3.36. The second-order valence-electron chi connectivity index (χ2n) is 8.36. The molecule has 1 N–H and O–H groups in total. The molecule has 0 bridgehead atoms. The largest absolute Gasteiger partial charge is 0.379 e. The highest BCUT2D eigenvalue weighted by Gasteiger charge is 2.30. The number of ether oxygens (including phenoxy) is 1. The van der Waals surface area contributed by atoms with Gasteiger partial charge in [0.25, 0.3) is 11.4 Å². The number of nitrogens with zero attached hydrogens (tertiary/aromatic N) is 5. The predicted octanol–water partition coefficient (Wildman–Crippen LogP) is 4.73. The van der Waals surface area contributed by atoms with Gasteiger partial charge in [0.2, 0.25) is 10.0 Å². The summed E-state index contributed by atoms with van der Waals surface area (Å²) in [7, 11) is -4.09. The summed E-state index contributed by atoms with van der Waals surface area (Å²) in [5.41, 5.74) is 3.30. The Morgan fingerprint density at radius 3 is 2.55 bits per heavy atom. The highest BCUT2D eigenvalue weighted by atomic mass is 32.2. The van der Waals surface area contributed by atoms with Crippen LogP contribution in [0.15, 0.2) is 79.9 Å². The van der Waals surface area contributed by atoms with Crippen LogP contribution in [0.2, 0.25) is 0 Å². The van der Waals surface area contributed by atoms with Gasteiger partial charge in [0.15, 0.2) is 4.34 Å². The summed E-state index contributed by atoms with van der Waals surface area (Å²) in [6.07, 6.45) is 1.30. The Balaban J connectivity index is 1.39. The van der Waals surface area contributed by atoms with E-state index in [-0.39, 0.29) is 42.6 Å². The third-order valence-corrected chi connectivity index (χ3v) is 9.91. The first-order valence-electron chi connectivity index (χ1n) is 11.7. The number of nitrogens with one attached hydrogen (secondary N) is 1. The summed E-state index contributed by atoms with van der Waals surface area (Å²) in [6, 6.07) is 15.5. The Bertz CT molecular complexity index is 1700. The molecule has 3 aromatic carbocycles. The standard InChI is InChI=1S/C24H20N6O7S3/c31-29(32)17-6-7-19(23(14-17)40(35,36)28-9-11-37-12-10-28)27-25-15-16-5-8-22(20(13-16)30(33)34)39-24-26-18-3-1-2-4-21(18)38-24/h1-8,13-15,27H,9-12H2/b25-15-. The molecule has 13 nitrogen and oxygen atoms in total. The lowest BCUT2D eigenvalue weighted by Crippen LogP contribution is -2.40. The number of para-hydroxylation sites is 1. The van der Waals surface area contributed by atoms with Crippen molar-refractivity contribution in [1.29, 1.82) is 0 Å². The minimum atomic E-state index is -4.09. The van der Waals surface area contributed by atoms with Gasteiger partial charge in [-0.2, -0.15) is 9.41 Å². The van der Waals surface area contributed by atoms with Crippen molar-refractivity contribution in [2.24, 2.45) is 5.10 Å². The van der Waals surface area contributed by atoms with E-state index in [0.29, 0.717) is 14.8 Å². The normalized spacial score (nSPS) is 14.5. The number of nitro benzene ring substituents is 2. The number of aromatic nitrogens is 1. The van der Waals surface area contributed by atoms with Gasteiger partial charge in [-0.3, -0.25) is 25.7 Å². The van der Waals surface area contributed by atoms with Crippen LogP contribution in [-0.4, -0.2) is 60.1 Å². The fourth-order valence-electron chi connectivity index (χ4n) is 3.87. The minimum Gasteiger partial charge on any atom is -0.379 e. The van der Waals surface area contributed by atoms with Crippen molar-refractivity contribution in [3.8, 4) is 0 Å². The number of hydrogen-bond acceptors (Lipinski definition) is 12. The number of benzene rings is 3. The molecule has 0 aliphatic carbocycles. The molecule has 1 aliphatic heterocycles. The van der Waals surface area contributed by atoms with Crippen LogP contribution in [0.4, 0.5) is 17.1 Å². The molecule has 206 valence electrons. The number of morpholine rings is 1. The summed E-state index contributed by atoms with van der Waals surface area (Å²) in [4.78, 5) is 26.5. The fraction of sp³-hybridized carbons (Fsp3) is 0.167. The maximum atomic E-state index is 13.3. The van der Waals surface area contributed by atoms with Crippen molar-refractivity contribution < 1.29 is 23.0 Å². The van der Waals surface area contributed by atoms with Gasteiger partial charge in [-0.05, 0) is 24.3 Å². The third kappa shape index (κ3) is 5.95. The molecule has 0 radical (unpaired) electrons. The summed E-state index contributed by atoms with van der Waals surface area (Å²) in [5, 5.41) is 27.2. The molecular weight excluding hydrogens is 581 g/mol. The van der Waals surface area contributed by atoms with Crippen LogP contribution in [-0.2, 0) is 14.8 Å². The van der Waals surface area contributed by atoms with Crippen LogP contribution in [0, 0.1) is 20.2 Å². The van der Waals surface area contributed by atoms with Crippen molar-refractivity contribution in [2.75, 3.05) is 31.7 Å². The fourth-order valence-corrected chi connectivity index (χ4v) is 7.54. The highest BCUT2D eigenvalue weighted by molar-refractivity contribution is 8.01. The number of thiazole rings is 1. The van der Waals surface area contributed by atoms with Gasteiger partial charge in [0.1, 0.15) is 4.90 Å². The van der Waals surface area contributed by atoms with Gasteiger partial charge in [-0.25, -0.2) is 13.4 Å². The minimum absolute atomic E-state index is 0.0193. The monoisotopic (exact) mass is 600 g/mol. The summed E-state index contributed by atoms with van der Waals surface area (Å²) < 4.78 is 34.6. The molecule has 1 aromatic heterocycles. The molecule has 1 aliphatic rings. The predicted molar refractivity (Wildman–Crippen MR) is 151 cm³/mol. The van der Waals surface area contributed by atoms with E-state index < -0.39 is 25.6 Å². The van der Waals surface area contributed by atoms with Gasteiger partial charge < -0.3 is 4.74 Å². The molecule has 4 aromatic rings. The highest BCUT2D eigenvalue weighted by Crippen LogP contribution is 2.39. The number of fused-ring (bicyclic) bond motifs is 1. The maximum Gasteiger partial charge on any atom is 0.283 e. The van der Waals surface area contributed by atoms with E-state index in [2.05, 4.69) is 15.5 Å². The Hall–Kier alpha value is -3.96. The van der Waals surface area contributed by atoms with E-state index in [9.17, 15) is 28.6 Å². The number of hydrogen-bond donors (Lipinski definition) is 1. The summed E-state index contributed by atoms with van der Waals surface area (Å²) >= 11 is 2.63. The average molecular weight is 601 g/mol. The van der Waals surface area contributed by atoms with Gasteiger partial charge in [-0.15, -0.1) is 11.3 Å². The molecule has 16 heteroatoms. The first-order valence-corrected chi connectivity index (χ1v) is 14.8. The van der Waals surface area contributed by atoms with Crippen LogP contribution in [0.1, 0.15) is 5.56 Å². The zero-order valence-corrected chi connectivity index (χ0v) is 22.9. The van der Waals surface area contributed by atoms with Gasteiger partial charge in [0, 0.05) is 36.9 Å². The molecular formula is C24H20N6O7S3. The van der Waals surface area contributed by atoms with E-state index in [0.717, 1.165) is 22.3 Å². The Kier molecular flexibility index (Phi) is 8.04. The Labute approximate surface area is 235 Å². The first kappa shape index (κ1) is 27.6. The first-order chi connectivity index (χ1) is 19.2. The van der Waals surface area contributed by atoms with E-state index in [1.807, 2.05) is 24.3 Å². The number of non-ortho nitro benzene ring substituents is 1. The van der Waals surface area contributed by atoms with Gasteiger partial charge in [0.05, 0.1) is 50.1 Å². The van der Waals surface area contributed by atoms with E-state index in [1.54, 1.807) is 12.1 Å². The third-order valence-electron chi connectivity index (χ3n) is 5.81. The van der Waals surface area contributed by atoms with Gasteiger partial charge in [-0.1, -0.05) is 30.0 Å². The second kappa shape index (κ2) is 11.6. The second-order valence-corrected chi connectivity index (χ2v) is 12.6. The number of sulfonamides is 1. The van der Waals surface area contributed by atoms with Crippen molar-refractivity contribution >= 4 is 66.6 Å². The van der Waals surface area contributed by atoms with Crippen molar-refractivity contribution in [3.63, 3.8) is 0 Å². The molecule has 1 saturated heterocycles. The Morgan fingerprint density at radius 1 is 1.05 bits per heavy atom. The molecule has 2 heterocycles. The van der Waals surface area contributed by atoms with Crippen LogP contribution in [0.3, 0.4) is 0 Å². The zero-order chi connectivity index (χ0) is 28.3. The molecule has 0 amide bonds. The molecule has 5 rings (SSSR count). The SMILES string of the molecule is O=[N+]([O-])c1ccc(N/N=C\c2ccc(Sc3nc4ccccc4s3)c([N+](=O)[O-])c2)c(S(=O)(=O)N2CCOCC2)c1. The van der Waals surface area contributed by atoms with Crippen LogP contribution in [0.25, 0.3) is 10.2 Å². The van der Waals surface area contributed by atoms with Crippen molar-refractivity contribution in [2.45, 2.75) is 14.1 Å². The lowest BCUT2D eigenvalue weighted by atomic mass is 10.2.